The molecule has 2 rings (SSSR count). The van der Waals surface area contributed by atoms with Gasteiger partial charge in [0, 0.05) is 18.9 Å². The van der Waals surface area contributed by atoms with E-state index in [1.807, 2.05) is 0 Å². The molecule has 2 unspecified atom stereocenters. The topological polar surface area (TPSA) is 63.8 Å². The fourth-order valence-corrected chi connectivity index (χ4v) is 2.52. The van der Waals surface area contributed by atoms with Crippen LogP contribution in [-0.4, -0.2) is 23.1 Å². The highest BCUT2D eigenvalue weighted by Crippen LogP contribution is 2.30. The monoisotopic (exact) mass is 284 g/mol. The summed E-state index contributed by atoms with van der Waals surface area (Å²) < 4.78 is 0.902. The Morgan fingerprint density at radius 2 is 2.00 bits per heavy atom. The maximum absolute atomic E-state index is 5.75. The van der Waals surface area contributed by atoms with Gasteiger partial charge in [-0.3, -0.25) is 0 Å². The van der Waals surface area contributed by atoms with Crippen LogP contribution in [0.15, 0.2) is 16.9 Å². The molecule has 88 valence electrons. The lowest BCUT2D eigenvalue weighted by Gasteiger charge is -2.18. The summed E-state index contributed by atoms with van der Waals surface area (Å²) in [5.74, 6) is 2.05. The summed E-state index contributed by atoms with van der Waals surface area (Å²) in [7, 11) is 0. The molecule has 1 saturated carbocycles. The van der Waals surface area contributed by atoms with Gasteiger partial charge in [0.1, 0.15) is 0 Å². The standard InChI is InChI=1S/C11H17BrN4/c12-10-6-15-11(16-7-10)14-5-9-3-1-2-8(9)4-13/h6-9H,1-5,13H2,(H,14,15,16). The number of halogens is 1. The molecule has 2 atom stereocenters. The zero-order valence-electron chi connectivity index (χ0n) is 9.19. The highest BCUT2D eigenvalue weighted by atomic mass is 79.9. The predicted molar refractivity (Wildman–Crippen MR) is 68.1 cm³/mol. The first kappa shape index (κ1) is 11.8. The third-order valence-corrected chi connectivity index (χ3v) is 3.67. The number of anilines is 1. The molecule has 0 radical (unpaired) electrons. The van der Waals surface area contributed by atoms with Gasteiger partial charge in [0.05, 0.1) is 4.47 Å². The minimum atomic E-state index is 0.669. The van der Waals surface area contributed by atoms with Crippen molar-refractivity contribution in [3.8, 4) is 0 Å². The third-order valence-electron chi connectivity index (χ3n) is 3.26. The first-order chi connectivity index (χ1) is 7.79. The molecule has 0 aliphatic heterocycles. The number of hydrogen-bond donors (Lipinski definition) is 2. The lowest BCUT2D eigenvalue weighted by atomic mass is 9.96. The highest BCUT2D eigenvalue weighted by molar-refractivity contribution is 9.10. The van der Waals surface area contributed by atoms with Crippen LogP contribution >= 0.6 is 15.9 Å². The second-order valence-electron chi connectivity index (χ2n) is 4.29. The van der Waals surface area contributed by atoms with Crippen LogP contribution in [0.5, 0.6) is 0 Å². The minimum Gasteiger partial charge on any atom is -0.354 e. The molecule has 0 bridgehead atoms. The van der Waals surface area contributed by atoms with Crippen molar-refractivity contribution < 1.29 is 0 Å². The summed E-state index contributed by atoms with van der Waals surface area (Å²) >= 11 is 3.31. The molecule has 1 aliphatic carbocycles. The minimum absolute atomic E-state index is 0.669. The van der Waals surface area contributed by atoms with E-state index < -0.39 is 0 Å². The van der Waals surface area contributed by atoms with E-state index in [9.17, 15) is 0 Å². The summed E-state index contributed by atoms with van der Waals surface area (Å²) in [6.07, 6.45) is 7.35. The van der Waals surface area contributed by atoms with E-state index in [1.165, 1.54) is 19.3 Å². The molecule has 0 amide bonds. The molecule has 4 nitrogen and oxygen atoms in total. The molecule has 1 fully saturated rings. The van der Waals surface area contributed by atoms with E-state index in [-0.39, 0.29) is 0 Å². The average molecular weight is 285 g/mol. The lowest BCUT2D eigenvalue weighted by molar-refractivity contribution is 0.414. The largest absolute Gasteiger partial charge is 0.354 e. The molecule has 16 heavy (non-hydrogen) atoms. The fraction of sp³-hybridized carbons (Fsp3) is 0.636. The Labute approximate surface area is 104 Å². The molecular formula is C11H17BrN4. The Morgan fingerprint density at radius 1 is 1.31 bits per heavy atom. The van der Waals surface area contributed by atoms with E-state index in [0.717, 1.165) is 17.6 Å². The van der Waals surface area contributed by atoms with Crippen LogP contribution in [0.3, 0.4) is 0 Å². The quantitative estimate of drug-likeness (QED) is 0.888. The number of hydrogen-bond acceptors (Lipinski definition) is 4. The van der Waals surface area contributed by atoms with Gasteiger partial charge in [-0.2, -0.15) is 0 Å². The molecular weight excluding hydrogens is 268 g/mol. The maximum atomic E-state index is 5.75. The van der Waals surface area contributed by atoms with Gasteiger partial charge < -0.3 is 11.1 Å². The van der Waals surface area contributed by atoms with E-state index in [4.69, 9.17) is 5.73 Å². The predicted octanol–water partition coefficient (Wildman–Crippen LogP) is 2.03. The van der Waals surface area contributed by atoms with Crippen molar-refractivity contribution in [1.29, 1.82) is 0 Å². The van der Waals surface area contributed by atoms with Crippen LogP contribution in [0.1, 0.15) is 19.3 Å². The molecule has 1 aromatic heterocycles. The summed E-state index contributed by atoms with van der Waals surface area (Å²) in [4.78, 5) is 8.38. The Bertz CT molecular complexity index is 327. The Kier molecular flexibility index (Phi) is 4.12. The maximum Gasteiger partial charge on any atom is 0.222 e. The van der Waals surface area contributed by atoms with Gasteiger partial charge in [0.2, 0.25) is 5.95 Å². The summed E-state index contributed by atoms with van der Waals surface area (Å²) in [6.45, 7) is 1.73. The van der Waals surface area contributed by atoms with Crippen LogP contribution < -0.4 is 11.1 Å². The highest BCUT2D eigenvalue weighted by Gasteiger charge is 2.25. The average Bonchev–Trinajstić information content (AvgIpc) is 2.76. The van der Waals surface area contributed by atoms with Crippen molar-refractivity contribution in [3.63, 3.8) is 0 Å². The first-order valence-electron chi connectivity index (χ1n) is 5.71. The van der Waals surface area contributed by atoms with Gasteiger partial charge in [-0.15, -0.1) is 0 Å². The van der Waals surface area contributed by atoms with Crippen LogP contribution in [-0.2, 0) is 0 Å². The molecule has 1 heterocycles. The smallest absolute Gasteiger partial charge is 0.222 e. The van der Waals surface area contributed by atoms with Gasteiger partial charge in [-0.25, -0.2) is 9.97 Å². The Balaban J connectivity index is 1.85. The van der Waals surface area contributed by atoms with Crippen LogP contribution in [0.2, 0.25) is 0 Å². The van der Waals surface area contributed by atoms with E-state index in [1.54, 1.807) is 12.4 Å². The number of aromatic nitrogens is 2. The van der Waals surface area contributed by atoms with Gasteiger partial charge in [0.25, 0.3) is 0 Å². The number of nitrogens with zero attached hydrogens (tertiary/aromatic N) is 2. The van der Waals surface area contributed by atoms with Gasteiger partial charge in [-0.05, 0) is 47.2 Å². The fourth-order valence-electron chi connectivity index (χ4n) is 2.32. The van der Waals surface area contributed by atoms with Crippen LogP contribution in [0, 0.1) is 11.8 Å². The Hall–Kier alpha value is -0.680. The second kappa shape index (κ2) is 5.59. The first-order valence-corrected chi connectivity index (χ1v) is 6.50. The van der Waals surface area contributed by atoms with Gasteiger partial charge in [0.15, 0.2) is 0 Å². The van der Waals surface area contributed by atoms with E-state index >= 15 is 0 Å². The second-order valence-corrected chi connectivity index (χ2v) is 5.21. The summed E-state index contributed by atoms with van der Waals surface area (Å²) in [6, 6.07) is 0. The zero-order valence-corrected chi connectivity index (χ0v) is 10.8. The van der Waals surface area contributed by atoms with Crippen LogP contribution in [0.25, 0.3) is 0 Å². The Morgan fingerprint density at radius 3 is 2.69 bits per heavy atom. The van der Waals surface area contributed by atoms with Crippen molar-refractivity contribution in [1.82, 2.24) is 9.97 Å². The molecule has 0 spiro atoms. The van der Waals surface area contributed by atoms with Gasteiger partial charge >= 0.3 is 0 Å². The molecule has 1 aromatic rings. The number of rotatable bonds is 4. The number of nitrogens with one attached hydrogen (secondary N) is 1. The molecule has 5 heteroatoms. The molecule has 0 saturated heterocycles. The summed E-state index contributed by atoms with van der Waals surface area (Å²) in [5.41, 5.74) is 5.75. The van der Waals surface area contributed by atoms with E-state index in [2.05, 4.69) is 31.2 Å². The van der Waals surface area contributed by atoms with Crippen molar-refractivity contribution in [2.75, 3.05) is 18.4 Å². The normalized spacial score (nSPS) is 24.6. The lowest BCUT2D eigenvalue weighted by Crippen LogP contribution is -2.24. The third kappa shape index (κ3) is 2.92. The van der Waals surface area contributed by atoms with Crippen molar-refractivity contribution in [2.45, 2.75) is 19.3 Å². The van der Waals surface area contributed by atoms with Crippen molar-refractivity contribution in [2.24, 2.45) is 17.6 Å². The molecule has 1 aliphatic rings. The number of nitrogens with two attached hydrogens (primary N) is 1. The zero-order chi connectivity index (χ0) is 11.4. The van der Waals surface area contributed by atoms with E-state index in [0.29, 0.717) is 17.8 Å². The molecule has 3 N–H and O–H groups in total. The van der Waals surface area contributed by atoms with Crippen LogP contribution in [0.4, 0.5) is 5.95 Å². The SMILES string of the molecule is NCC1CCCC1CNc1ncc(Br)cn1. The van der Waals surface area contributed by atoms with Crippen molar-refractivity contribution >= 4 is 21.9 Å². The van der Waals surface area contributed by atoms with Crippen molar-refractivity contribution in [3.05, 3.63) is 16.9 Å². The molecule has 0 aromatic carbocycles. The van der Waals surface area contributed by atoms with Gasteiger partial charge in [-0.1, -0.05) is 6.42 Å². The summed E-state index contributed by atoms with van der Waals surface area (Å²) in [5, 5.41) is 3.28.